The molecule has 0 spiro atoms. The molecule has 0 aromatic carbocycles. The molecule has 2 rings (SSSR count). The van der Waals surface area contributed by atoms with Crippen molar-refractivity contribution in [3.8, 4) is 0 Å². The number of hydrogen-bond donors (Lipinski definition) is 3. The first-order valence-corrected chi connectivity index (χ1v) is 6.35. The van der Waals surface area contributed by atoms with E-state index in [1.807, 2.05) is 6.92 Å². The molecule has 1 aromatic heterocycles. The SMILES string of the molecule is CC(NC(=O)N1CCC[C@H](C(=O)O)C1)c1cn[nH]c1. The Morgan fingerprint density at radius 2 is 2.42 bits per heavy atom. The maximum Gasteiger partial charge on any atom is 0.317 e. The Bertz CT molecular complexity index is 446. The Morgan fingerprint density at radius 3 is 3.05 bits per heavy atom. The summed E-state index contributed by atoms with van der Waals surface area (Å²) in [4.78, 5) is 24.6. The van der Waals surface area contributed by atoms with Crippen LogP contribution in [0.4, 0.5) is 4.79 Å². The molecule has 104 valence electrons. The first-order chi connectivity index (χ1) is 9.08. The Balaban J connectivity index is 1.91. The normalized spacial score (nSPS) is 20.9. The fourth-order valence-corrected chi connectivity index (χ4v) is 2.22. The molecule has 1 aliphatic rings. The number of hydrogen-bond acceptors (Lipinski definition) is 3. The Hall–Kier alpha value is -2.05. The zero-order valence-electron chi connectivity index (χ0n) is 10.8. The number of carboxylic acids is 1. The molecule has 0 radical (unpaired) electrons. The van der Waals surface area contributed by atoms with Crippen molar-refractivity contribution in [1.29, 1.82) is 0 Å². The first kappa shape index (κ1) is 13.4. The van der Waals surface area contributed by atoms with Gasteiger partial charge in [-0.2, -0.15) is 5.10 Å². The molecule has 7 heteroatoms. The van der Waals surface area contributed by atoms with E-state index >= 15 is 0 Å². The molecule has 2 amide bonds. The van der Waals surface area contributed by atoms with Gasteiger partial charge >= 0.3 is 12.0 Å². The van der Waals surface area contributed by atoms with Gasteiger partial charge in [0.2, 0.25) is 0 Å². The van der Waals surface area contributed by atoms with Gasteiger partial charge in [0.1, 0.15) is 0 Å². The van der Waals surface area contributed by atoms with E-state index in [2.05, 4.69) is 15.5 Å². The highest BCUT2D eigenvalue weighted by atomic mass is 16.4. The zero-order valence-corrected chi connectivity index (χ0v) is 10.8. The van der Waals surface area contributed by atoms with E-state index in [4.69, 9.17) is 5.11 Å². The van der Waals surface area contributed by atoms with Crippen molar-refractivity contribution in [3.05, 3.63) is 18.0 Å². The van der Waals surface area contributed by atoms with Crippen LogP contribution in [0.2, 0.25) is 0 Å². The number of carbonyl (C=O) groups excluding carboxylic acids is 1. The second-order valence-corrected chi connectivity index (χ2v) is 4.83. The number of carboxylic acid groups (broad SMARTS) is 1. The summed E-state index contributed by atoms with van der Waals surface area (Å²) in [6, 6.07) is -0.379. The first-order valence-electron chi connectivity index (χ1n) is 6.35. The molecule has 19 heavy (non-hydrogen) atoms. The topological polar surface area (TPSA) is 98.3 Å². The Labute approximate surface area is 111 Å². The molecule has 1 aliphatic heterocycles. The number of H-pyrrole nitrogens is 1. The van der Waals surface area contributed by atoms with Crippen molar-refractivity contribution >= 4 is 12.0 Å². The number of aliphatic carboxylic acids is 1. The van der Waals surface area contributed by atoms with E-state index in [1.165, 1.54) is 0 Å². The summed E-state index contributed by atoms with van der Waals surface area (Å²) < 4.78 is 0. The van der Waals surface area contributed by atoms with Crippen LogP contribution in [0.3, 0.4) is 0 Å². The number of urea groups is 1. The zero-order chi connectivity index (χ0) is 13.8. The summed E-state index contributed by atoms with van der Waals surface area (Å²) in [6.45, 7) is 2.74. The van der Waals surface area contributed by atoms with Gasteiger partial charge in [0.05, 0.1) is 18.2 Å². The average Bonchev–Trinajstić information content (AvgIpc) is 2.92. The van der Waals surface area contributed by atoms with Crippen molar-refractivity contribution in [3.63, 3.8) is 0 Å². The monoisotopic (exact) mass is 266 g/mol. The lowest BCUT2D eigenvalue weighted by molar-refractivity contribution is -0.143. The highest BCUT2D eigenvalue weighted by molar-refractivity contribution is 5.76. The lowest BCUT2D eigenvalue weighted by atomic mass is 9.99. The standard InChI is InChI=1S/C12H18N4O3/c1-8(10-5-13-14-6-10)15-12(19)16-4-2-3-9(7-16)11(17)18/h5-6,8-9H,2-4,7H2,1H3,(H,13,14)(H,15,19)(H,17,18)/t8?,9-/m0/s1. The van der Waals surface area contributed by atoms with Gasteiger partial charge in [0, 0.05) is 24.8 Å². The molecule has 1 aromatic rings. The van der Waals surface area contributed by atoms with Crippen molar-refractivity contribution in [1.82, 2.24) is 20.4 Å². The predicted octanol–water partition coefficient (Wildman–Crippen LogP) is 0.977. The summed E-state index contributed by atoms with van der Waals surface area (Å²) >= 11 is 0. The van der Waals surface area contributed by atoms with Crippen LogP contribution in [0, 0.1) is 5.92 Å². The van der Waals surface area contributed by atoms with Crippen LogP contribution < -0.4 is 5.32 Å². The lowest BCUT2D eigenvalue weighted by Gasteiger charge is -2.31. The average molecular weight is 266 g/mol. The van der Waals surface area contributed by atoms with Crippen LogP contribution in [-0.2, 0) is 4.79 Å². The second kappa shape index (κ2) is 5.73. The Morgan fingerprint density at radius 1 is 1.63 bits per heavy atom. The number of piperidine rings is 1. The molecule has 3 N–H and O–H groups in total. The highest BCUT2D eigenvalue weighted by Gasteiger charge is 2.28. The summed E-state index contributed by atoms with van der Waals surface area (Å²) in [5.41, 5.74) is 0.889. The van der Waals surface area contributed by atoms with Crippen LogP contribution in [0.15, 0.2) is 12.4 Å². The summed E-state index contributed by atoms with van der Waals surface area (Å²) in [5, 5.41) is 18.4. The third kappa shape index (κ3) is 3.24. The number of carbonyl (C=O) groups is 2. The number of rotatable bonds is 3. The fraction of sp³-hybridized carbons (Fsp3) is 0.583. The van der Waals surface area contributed by atoms with Gasteiger partial charge in [0.15, 0.2) is 0 Å². The van der Waals surface area contributed by atoms with Crippen LogP contribution in [-0.4, -0.2) is 45.3 Å². The van der Waals surface area contributed by atoms with E-state index < -0.39 is 11.9 Å². The third-order valence-corrected chi connectivity index (χ3v) is 3.42. The van der Waals surface area contributed by atoms with Gasteiger partial charge in [-0.1, -0.05) is 0 Å². The molecule has 1 unspecified atom stereocenters. The van der Waals surface area contributed by atoms with Crippen LogP contribution in [0.5, 0.6) is 0 Å². The number of nitrogens with zero attached hydrogens (tertiary/aromatic N) is 2. The molecule has 2 atom stereocenters. The molecule has 0 aliphatic carbocycles. The minimum Gasteiger partial charge on any atom is -0.481 e. The lowest BCUT2D eigenvalue weighted by Crippen LogP contribution is -2.47. The summed E-state index contributed by atoms with van der Waals surface area (Å²) in [7, 11) is 0. The molecular formula is C12H18N4O3. The fourth-order valence-electron chi connectivity index (χ4n) is 2.22. The van der Waals surface area contributed by atoms with Crippen LogP contribution in [0.1, 0.15) is 31.4 Å². The number of aromatic amines is 1. The van der Waals surface area contributed by atoms with E-state index in [9.17, 15) is 9.59 Å². The summed E-state index contributed by atoms with van der Waals surface area (Å²) in [5.74, 6) is -1.29. The minimum absolute atomic E-state index is 0.156. The molecule has 0 bridgehead atoms. The number of aromatic nitrogens is 2. The quantitative estimate of drug-likeness (QED) is 0.759. The van der Waals surface area contributed by atoms with Crippen molar-refractivity contribution < 1.29 is 14.7 Å². The third-order valence-electron chi connectivity index (χ3n) is 3.42. The second-order valence-electron chi connectivity index (χ2n) is 4.83. The van der Waals surface area contributed by atoms with Crippen LogP contribution >= 0.6 is 0 Å². The smallest absolute Gasteiger partial charge is 0.317 e. The van der Waals surface area contributed by atoms with Crippen molar-refractivity contribution in [2.24, 2.45) is 5.92 Å². The van der Waals surface area contributed by atoms with Gasteiger partial charge in [0.25, 0.3) is 0 Å². The predicted molar refractivity (Wildman–Crippen MR) is 67.5 cm³/mol. The van der Waals surface area contributed by atoms with Crippen LogP contribution in [0.25, 0.3) is 0 Å². The maximum atomic E-state index is 12.1. The number of nitrogens with one attached hydrogen (secondary N) is 2. The molecule has 1 saturated heterocycles. The van der Waals surface area contributed by atoms with Crippen molar-refractivity contribution in [2.75, 3.05) is 13.1 Å². The maximum absolute atomic E-state index is 12.1. The van der Waals surface area contributed by atoms with Crippen molar-refractivity contribution in [2.45, 2.75) is 25.8 Å². The van der Waals surface area contributed by atoms with Gasteiger partial charge in [-0.05, 0) is 19.8 Å². The van der Waals surface area contributed by atoms with E-state index in [-0.39, 0.29) is 18.6 Å². The minimum atomic E-state index is -0.833. The molecule has 2 heterocycles. The van der Waals surface area contributed by atoms with Gasteiger partial charge in [-0.15, -0.1) is 0 Å². The number of likely N-dealkylation sites (tertiary alicyclic amines) is 1. The molecule has 1 fully saturated rings. The van der Waals surface area contributed by atoms with E-state index in [0.29, 0.717) is 13.0 Å². The molecule has 0 saturated carbocycles. The van der Waals surface area contributed by atoms with Gasteiger partial charge < -0.3 is 15.3 Å². The van der Waals surface area contributed by atoms with Gasteiger partial charge in [-0.3, -0.25) is 9.89 Å². The molecule has 7 nitrogen and oxygen atoms in total. The van der Waals surface area contributed by atoms with E-state index in [0.717, 1.165) is 12.0 Å². The summed E-state index contributed by atoms with van der Waals surface area (Å²) in [6.07, 6.45) is 4.74. The Kier molecular flexibility index (Phi) is 4.03. The largest absolute Gasteiger partial charge is 0.481 e. The van der Waals surface area contributed by atoms with Gasteiger partial charge in [-0.25, -0.2) is 4.79 Å². The van der Waals surface area contributed by atoms with E-state index in [1.54, 1.807) is 17.3 Å². The highest BCUT2D eigenvalue weighted by Crippen LogP contribution is 2.17. The number of amides is 2. The molecular weight excluding hydrogens is 248 g/mol.